The summed E-state index contributed by atoms with van der Waals surface area (Å²) in [7, 11) is 0. The van der Waals surface area contributed by atoms with E-state index in [4.69, 9.17) is 15.2 Å². The first-order chi connectivity index (χ1) is 9.74. The summed E-state index contributed by atoms with van der Waals surface area (Å²) in [6, 6.07) is 9.92. The van der Waals surface area contributed by atoms with Crippen molar-refractivity contribution in [2.24, 2.45) is 11.7 Å². The van der Waals surface area contributed by atoms with Crippen LogP contribution in [0.1, 0.15) is 39.0 Å². The Balaban J connectivity index is 1.66. The van der Waals surface area contributed by atoms with Gasteiger partial charge in [0.25, 0.3) is 0 Å². The third-order valence-electron chi connectivity index (χ3n) is 4.13. The van der Waals surface area contributed by atoms with Crippen molar-refractivity contribution < 1.29 is 9.47 Å². The summed E-state index contributed by atoms with van der Waals surface area (Å²) in [4.78, 5) is 0. The van der Waals surface area contributed by atoms with Crippen molar-refractivity contribution in [3.05, 3.63) is 30.3 Å². The highest BCUT2D eigenvalue weighted by Crippen LogP contribution is 2.34. The lowest BCUT2D eigenvalue weighted by molar-refractivity contribution is -0.0767. The number of hydrogen-bond donors (Lipinski definition) is 1. The highest BCUT2D eigenvalue weighted by atomic mass is 16.5. The molecule has 2 rings (SSSR count). The van der Waals surface area contributed by atoms with Gasteiger partial charge in [-0.2, -0.15) is 0 Å². The number of para-hydroxylation sites is 1. The predicted molar refractivity (Wildman–Crippen MR) is 81.9 cm³/mol. The summed E-state index contributed by atoms with van der Waals surface area (Å²) in [6.45, 7) is 4.36. The Kier molecular flexibility index (Phi) is 5.86. The van der Waals surface area contributed by atoms with Gasteiger partial charge in [-0.1, -0.05) is 38.0 Å². The van der Waals surface area contributed by atoms with E-state index in [0.717, 1.165) is 37.5 Å². The molecular weight excluding hydrogens is 250 g/mol. The molecule has 1 aromatic rings. The lowest BCUT2D eigenvalue weighted by Crippen LogP contribution is -2.44. The van der Waals surface area contributed by atoms with Crippen molar-refractivity contribution in [2.75, 3.05) is 19.8 Å². The third-order valence-corrected chi connectivity index (χ3v) is 4.13. The summed E-state index contributed by atoms with van der Waals surface area (Å²) in [6.07, 6.45) is 5.66. The largest absolute Gasteiger partial charge is 0.494 e. The zero-order valence-corrected chi connectivity index (χ0v) is 12.5. The molecule has 1 saturated carbocycles. The number of benzene rings is 1. The summed E-state index contributed by atoms with van der Waals surface area (Å²) < 4.78 is 11.8. The van der Waals surface area contributed by atoms with Crippen LogP contribution in [-0.4, -0.2) is 25.4 Å². The molecule has 2 unspecified atom stereocenters. The summed E-state index contributed by atoms with van der Waals surface area (Å²) in [5.41, 5.74) is 5.87. The van der Waals surface area contributed by atoms with Gasteiger partial charge >= 0.3 is 0 Å². The van der Waals surface area contributed by atoms with Gasteiger partial charge in [-0.25, -0.2) is 0 Å². The molecule has 0 aromatic heterocycles. The molecule has 0 amide bonds. The second-order valence-electron chi connectivity index (χ2n) is 5.95. The number of nitrogens with two attached hydrogens (primary N) is 1. The van der Waals surface area contributed by atoms with E-state index < -0.39 is 0 Å². The molecule has 1 aliphatic rings. The van der Waals surface area contributed by atoms with Gasteiger partial charge in [0.05, 0.1) is 18.8 Å². The van der Waals surface area contributed by atoms with Crippen LogP contribution < -0.4 is 10.5 Å². The minimum atomic E-state index is -0.0790. The standard InChI is InChI=1S/C17H27NO2/c1-15-7-5-10-17(13-15,14-18)20-12-6-11-19-16-8-3-2-4-9-16/h2-4,8-9,15H,5-7,10-14,18H2,1H3. The van der Waals surface area contributed by atoms with Gasteiger partial charge in [0.1, 0.15) is 5.75 Å². The fourth-order valence-electron chi connectivity index (χ4n) is 3.04. The first-order valence-electron chi connectivity index (χ1n) is 7.76. The second kappa shape index (κ2) is 7.65. The van der Waals surface area contributed by atoms with Crippen LogP contribution in [0.3, 0.4) is 0 Å². The smallest absolute Gasteiger partial charge is 0.119 e. The van der Waals surface area contributed by atoms with Crippen LogP contribution in [0.25, 0.3) is 0 Å². The molecule has 0 bridgehead atoms. The van der Waals surface area contributed by atoms with Gasteiger partial charge in [0.15, 0.2) is 0 Å². The molecule has 1 aliphatic carbocycles. The summed E-state index contributed by atoms with van der Waals surface area (Å²) >= 11 is 0. The minimum absolute atomic E-state index is 0.0790. The number of rotatable bonds is 7. The van der Waals surface area contributed by atoms with Gasteiger partial charge in [-0.05, 0) is 30.9 Å². The van der Waals surface area contributed by atoms with Crippen molar-refractivity contribution in [1.82, 2.24) is 0 Å². The summed E-state index contributed by atoms with van der Waals surface area (Å²) in [5, 5.41) is 0. The fourth-order valence-corrected chi connectivity index (χ4v) is 3.04. The lowest BCUT2D eigenvalue weighted by Gasteiger charge is -2.39. The third kappa shape index (κ3) is 4.50. The van der Waals surface area contributed by atoms with E-state index in [1.807, 2.05) is 30.3 Å². The van der Waals surface area contributed by atoms with Gasteiger partial charge < -0.3 is 15.2 Å². The molecule has 2 atom stereocenters. The molecule has 112 valence electrons. The molecule has 1 aromatic carbocycles. The molecule has 0 saturated heterocycles. The van der Waals surface area contributed by atoms with Crippen LogP contribution >= 0.6 is 0 Å². The van der Waals surface area contributed by atoms with E-state index in [9.17, 15) is 0 Å². The Hall–Kier alpha value is -1.06. The van der Waals surface area contributed by atoms with Gasteiger partial charge in [-0.3, -0.25) is 0 Å². The molecule has 20 heavy (non-hydrogen) atoms. The Morgan fingerprint density at radius 3 is 2.75 bits per heavy atom. The first kappa shape index (κ1) is 15.3. The topological polar surface area (TPSA) is 44.5 Å². The molecule has 2 N–H and O–H groups in total. The molecule has 0 radical (unpaired) electrons. The average Bonchev–Trinajstić information content (AvgIpc) is 2.48. The number of ether oxygens (including phenoxy) is 2. The maximum atomic E-state index is 6.12. The normalized spacial score (nSPS) is 26.4. The quantitative estimate of drug-likeness (QED) is 0.777. The second-order valence-corrected chi connectivity index (χ2v) is 5.95. The Bertz CT molecular complexity index is 382. The Labute approximate surface area is 122 Å². The van der Waals surface area contributed by atoms with Gasteiger partial charge in [0, 0.05) is 13.0 Å². The van der Waals surface area contributed by atoms with Crippen molar-refractivity contribution in [1.29, 1.82) is 0 Å². The zero-order valence-electron chi connectivity index (χ0n) is 12.5. The van der Waals surface area contributed by atoms with Crippen molar-refractivity contribution in [2.45, 2.75) is 44.6 Å². The van der Waals surface area contributed by atoms with E-state index in [2.05, 4.69) is 6.92 Å². The molecule has 1 fully saturated rings. The maximum absolute atomic E-state index is 6.12. The molecule has 0 aliphatic heterocycles. The van der Waals surface area contributed by atoms with E-state index in [1.165, 1.54) is 12.8 Å². The van der Waals surface area contributed by atoms with Crippen LogP contribution in [0.2, 0.25) is 0 Å². The van der Waals surface area contributed by atoms with Crippen LogP contribution in [-0.2, 0) is 4.74 Å². The zero-order chi connectivity index (χ0) is 14.3. The molecular formula is C17H27NO2. The monoisotopic (exact) mass is 277 g/mol. The highest BCUT2D eigenvalue weighted by Gasteiger charge is 2.34. The maximum Gasteiger partial charge on any atom is 0.119 e. The SMILES string of the molecule is CC1CCCC(CN)(OCCCOc2ccccc2)C1. The predicted octanol–water partition coefficient (Wildman–Crippen LogP) is 3.38. The van der Waals surface area contributed by atoms with E-state index >= 15 is 0 Å². The fraction of sp³-hybridized carbons (Fsp3) is 0.647. The van der Waals surface area contributed by atoms with E-state index in [1.54, 1.807) is 0 Å². The van der Waals surface area contributed by atoms with E-state index in [0.29, 0.717) is 13.2 Å². The summed E-state index contributed by atoms with van der Waals surface area (Å²) in [5.74, 6) is 1.65. The van der Waals surface area contributed by atoms with Crippen LogP contribution in [0.5, 0.6) is 5.75 Å². The van der Waals surface area contributed by atoms with Gasteiger partial charge in [-0.15, -0.1) is 0 Å². The molecule has 0 heterocycles. The van der Waals surface area contributed by atoms with Crippen molar-refractivity contribution in [3.8, 4) is 5.75 Å². The van der Waals surface area contributed by atoms with Crippen molar-refractivity contribution >= 4 is 0 Å². The van der Waals surface area contributed by atoms with Crippen molar-refractivity contribution in [3.63, 3.8) is 0 Å². The number of hydrogen-bond acceptors (Lipinski definition) is 3. The molecule has 3 heteroatoms. The Morgan fingerprint density at radius 1 is 1.25 bits per heavy atom. The van der Waals surface area contributed by atoms with E-state index in [-0.39, 0.29) is 5.60 Å². The Morgan fingerprint density at radius 2 is 2.05 bits per heavy atom. The van der Waals surface area contributed by atoms with Crippen LogP contribution in [0.4, 0.5) is 0 Å². The molecule has 3 nitrogen and oxygen atoms in total. The van der Waals surface area contributed by atoms with Gasteiger partial charge in [0.2, 0.25) is 0 Å². The van der Waals surface area contributed by atoms with Crippen LogP contribution in [0, 0.1) is 5.92 Å². The first-order valence-corrected chi connectivity index (χ1v) is 7.76. The molecule has 0 spiro atoms. The lowest BCUT2D eigenvalue weighted by atomic mass is 9.79. The van der Waals surface area contributed by atoms with Crippen LogP contribution in [0.15, 0.2) is 30.3 Å². The minimum Gasteiger partial charge on any atom is -0.494 e. The average molecular weight is 277 g/mol. The highest BCUT2D eigenvalue weighted by molar-refractivity contribution is 5.20.